The molecule has 0 saturated carbocycles. The van der Waals surface area contributed by atoms with Crippen LogP contribution < -0.4 is 21.3 Å². The summed E-state index contributed by atoms with van der Waals surface area (Å²) in [6.45, 7) is 7.21. The SMILES string of the molecule is CC(C)[C@H](NC(=O)Cc1cccnc1)C(=O)N[C@@H](Cc1ccccc1)[C@@H](O)[C@H](O)[C@H](Cc1ccccc1)NC(=O)[C@@H](NC(=O)Cc1cccnc1)C(C)C. The Morgan fingerprint density at radius 1 is 0.519 bits per heavy atom. The Kier molecular flexibility index (Phi) is 15.8. The molecule has 0 unspecified atom stereocenters. The highest BCUT2D eigenvalue weighted by atomic mass is 16.3. The van der Waals surface area contributed by atoms with Gasteiger partial charge in [0.25, 0.3) is 0 Å². The van der Waals surface area contributed by atoms with Crippen LogP contribution in [0, 0.1) is 11.8 Å². The summed E-state index contributed by atoms with van der Waals surface area (Å²) >= 11 is 0. The molecule has 12 heteroatoms. The highest BCUT2D eigenvalue weighted by molar-refractivity contribution is 5.89. The third-order valence-electron chi connectivity index (χ3n) is 9.13. The standard InChI is InChI=1S/C42H52N6O6/c1-27(2)37(47-35(49)23-31-17-11-19-43-25-31)41(53)45-33(21-29-13-7-5-8-14-29)39(51)40(52)34(22-30-15-9-6-10-16-30)46-42(54)38(28(3)4)48-36(50)24-32-18-12-20-44-26-32/h5-20,25-28,33-34,37-40,51-52H,21-24H2,1-4H3,(H,45,53)(H,46,54)(H,47,49)(H,48,50)/t33-,34-,37-,38-,39+,40+/m0/s1. The van der Waals surface area contributed by atoms with E-state index in [1.165, 1.54) is 0 Å². The quantitative estimate of drug-likeness (QED) is 0.0850. The topological polar surface area (TPSA) is 183 Å². The van der Waals surface area contributed by atoms with Gasteiger partial charge in [-0.1, -0.05) is 100 Å². The van der Waals surface area contributed by atoms with Gasteiger partial charge < -0.3 is 31.5 Å². The van der Waals surface area contributed by atoms with Crippen molar-refractivity contribution in [2.45, 2.75) is 89.8 Å². The predicted octanol–water partition coefficient (Wildman–Crippen LogP) is 2.72. The molecule has 54 heavy (non-hydrogen) atoms. The van der Waals surface area contributed by atoms with Crippen molar-refractivity contribution in [3.05, 3.63) is 132 Å². The first-order valence-electron chi connectivity index (χ1n) is 18.3. The van der Waals surface area contributed by atoms with Crippen LogP contribution in [0.5, 0.6) is 0 Å². The van der Waals surface area contributed by atoms with Crippen molar-refractivity contribution >= 4 is 23.6 Å². The third kappa shape index (κ3) is 12.9. The van der Waals surface area contributed by atoms with Crippen LogP contribution in [0.2, 0.25) is 0 Å². The summed E-state index contributed by atoms with van der Waals surface area (Å²) in [4.78, 5) is 61.9. The third-order valence-corrected chi connectivity index (χ3v) is 9.13. The summed E-state index contributed by atoms with van der Waals surface area (Å²) in [5.74, 6) is -2.42. The highest BCUT2D eigenvalue weighted by Gasteiger charge is 2.37. The van der Waals surface area contributed by atoms with E-state index >= 15 is 0 Å². The smallest absolute Gasteiger partial charge is 0.243 e. The summed E-state index contributed by atoms with van der Waals surface area (Å²) in [6.07, 6.45) is 3.60. The van der Waals surface area contributed by atoms with Gasteiger partial charge in [0.1, 0.15) is 24.3 Å². The van der Waals surface area contributed by atoms with Crippen molar-refractivity contribution < 1.29 is 29.4 Å². The van der Waals surface area contributed by atoms with E-state index < -0.39 is 48.2 Å². The molecular formula is C42H52N6O6. The van der Waals surface area contributed by atoms with Crippen molar-refractivity contribution in [1.29, 1.82) is 0 Å². The molecule has 2 aromatic heterocycles. The zero-order valence-electron chi connectivity index (χ0n) is 31.3. The average Bonchev–Trinajstić information content (AvgIpc) is 3.16. The molecule has 2 aromatic carbocycles. The van der Waals surface area contributed by atoms with Gasteiger partial charge in [0, 0.05) is 24.8 Å². The number of carbonyl (C=O) groups excluding carboxylic acids is 4. The molecule has 0 radical (unpaired) electrons. The number of aliphatic hydroxyl groups excluding tert-OH is 2. The fourth-order valence-electron chi connectivity index (χ4n) is 6.17. The molecule has 0 bridgehead atoms. The van der Waals surface area contributed by atoms with Gasteiger partial charge in [-0.25, -0.2) is 0 Å². The zero-order chi connectivity index (χ0) is 39.0. The Labute approximate surface area is 317 Å². The van der Waals surface area contributed by atoms with Gasteiger partial charge in [-0.2, -0.15) is 0 Å². The first kappa shape index (κ1) is 41.3. The molecule has 0 aliphatic rings. The normalized spacial score (nSPS) is 14.6. The first-order valence-corrected chi connectivity index (χ1v) is 18.3. The maximum absolute atomic E-state index is 13.9. The number of nitrogens with zero attached hydrogens (tertiary/aromatic N) is 2. The number of hydrogen-bond acceptors (Lipinski definition) is 8. The fourth-order valence-corrected chi connectivity index (χ4v) is 6.17. The summed E-state index contributed by atoms with van der Waals surface area (Å²) in [6, 6.07) is 21.5. The molecule has 6 atom stereocenters. The number of hydrogen-bond donors (Lipinski definition) is 6. The van der Waals surface area contributed by atoms with E-state index in [1.807, 2.05) is 60.7 Å². The summed E-state index contributed by atoms with van der Waals surface area (Å²) < 4.78 is 0. The van der Waals surface area contributed by atoms with E-state index in [2.05, 4.69) is 31.2 Å². The molecule has 0 saturated heterocycles. The van der Waals surface area contributed by atoms with Gasteiger partial charge in [0.05, 0.1) is 24.9 Å². The lowest BCUT2D eigenvalue weighted by molar-refractivity contribution is -0.132. The Morgan fingerprint density at radius 2 is 0.870 bits per heavy atom. The van der Waals surface area contributed by atoms with Crippen LogP contribution in [0.1, 0.15) is 49.9 Å². The van der Waals surface area contributed by atoms with Gasteiger partial charge in [-0.05, 0) is 59.1 Å². The minimum atomic E-state index is -1.57. The van der Waals surface area contributed by atoms with E-state index in [0.717, 1.165) is 11.1 Å². The minimum absolute atomic E-state index is 0.0290. The number of nitrogens with one attached hydrogen (secondary N) is 4. The number of rotatable bonds is 19. The van der Waals surface area contributed by atoms with Crippen LogP contribution >= 0.6 is 0 Å². The van der Waals surface area contributed by atoms with Crippen LogP contribution in [0.4, 0.5) is 0 Å². The maximum Gasteiger partial charge on any atom is 0.243 e. The van der Waals surface area contributed by atoms with E-state index in [0.29, 0.717) is 11.1 Å². The van der Waals surface area contributed by atoms with Crippen LogP contribution in [-0.4, -0.2) is 80.2 Å². The Bertz CT molecular complexity index is 1630. The lowest BCUT2D eigenvalue weighted by Gasteiger charge is -2.35. The monoisotopic (exact) mass is 736 g/mol. The van der Waals surface area contributed by atoms with Crippen LogP contribution in [0.25, 0.3) is 0 Å². The molecule has 286 valence electrons. The molecule has 6 N–H and O–H groups in total. The molecule has 2 heterocycles. The van der Waals surface area contributed by atoms with Gasteiger partial charge in [-0.3, -0.25) is 29.1 Å². The minimum Gasteiger partial charge on any atom is -0.388 e. The Balaban J connectivity index is 1.56. The predicted molar refractivity (Wildman–Crippen MR) is 206 cm³/mol. The molecule has 4 rings (SSSR count). The van der Waals surface area contributed by atoms with E-state index in [1.54, 1.807) is 76.7 Å². The maximum atomic E-state index is 13.9. The number of carbonyl (C=O) groups is 4. The molecule has 0 aliphatic heterocycles. The van der Waals surface area contributed by atoms with Crippen molar-refractivity contribution in [3.63, 3.8) is 0 Å². The zero-order valence-corrected chi connectivity index (χ0v) is 31.3. The number of amides is 4. The summed E-state index contributed by atoms with van der Waals surface area (Å²) in [5.41, 5.74) is 2.96. The van der Waals surface area contributed by atoms with Crippen LogP contribution in [0.15, 0.2) is 110 Å². The van der Waals surface area contributed by atoms with Crippen molar-refractivity contribution in [2.75, 3.05) is 0 Å². The van der Waals surface area contributed by atoms with Crippen LogP contribution in [0.3, 0.4) is 0 Å². The van der Waals surface area contributed by atoms with E-state index in [-0.39, 0.29) is 49.3 Å². The fraction of sp³-hybridized carbons (Fsp3) is 0.381. The second kappa shape index (κ2) is 20.7. The Hall–Kier alpha value is -5.46. The number of pyridine rings is 2. The van der Waals surface area contributed by atoms with Gasteiger partial charge in [0.15, 0.2) is 0 Å². The lowest BCUT2D eigenvalue weighted by Crippen LogP contribution is -2.61. The lowest BCUT2D eigenvalue weighted by atomic mass is 9.90. The molecule has 4 amide bonds. The van der Waals surface area contributed by atoms with Gasteiger partial charge >= 0.3 is 0 Å². The molecular weight excluding hydrogens is 684 g/mol. The molecule has 0 fully saturated rings. The van der Waals surface area contributed by atoms with Crippen LogP contribution in [-0.2, 0) is 44.9 Å². The van der Waals surface area contributed by atoms with E-state index in [4.69, 9.17) is 0 Å². The largest absolute Gasteiger partial charge is 0.388 e. The highest BCUT2D eigenvalue weighted by Crippen LogP contribution is 2.17. The van der Waals surface area contributed by atoms with Gasteiger partial charge in [0.2, 0.25) is 23.6 Å². The molecule has 4 aromatic rings. The Morgan fingerprint density at radius 3 is 1.19 bits per heavy atom. The first-order chi connectivity index (χ1) is 25.9. The number of aliphatic hydroxyl groups is 2. The number of aromatic nitrogens is 2. The summed E-state index contributed by atoms with van der Waals surface area (Å²) in [5, 5.41) is 35.3. The molecule has 0 aliphatic carbocycles. The second-order valence-corrected chi connectivity index (χ2v) is 14.2. The number of benzene rings is 2. The molecule has 12 nitrogen and oxygen atoms in total. The van der Waals surface area contributed by atoms with Crippen molar-refractivity contribution in [1.82, 2.24) is 31.2 Å². The summed E-state index contributed by atoms with van der Waals surface area (Å²) in [7, 11) is 0. The van der Waals surface area contributed by atoms with Crippen molar-refractivity contribution in [2.24, 2.45) is 11.8 Å². The van der Waals surface area contributed by atoms with Crippen molar-refractivity contribution in [3.8, 4) is 0 Å². The second-order valence-electron chi connectivity index (χ2n) is 14.2. The van der Waals surface area contributed by atoms with Gasteiger partial charge in [-0.15, -0.1) is 0 Å². The average molecular weight is 737 g/mol. The molecule has 0 spiro atoms. The van der Waals surface area contributed by atoms with E-state index in [9.17, 15) is 29.4 Å².